The molecule has 1 aromatic carbocycles. The lowest BCUT2D eigenvalue weighted by Gasteiger charge is -2.08. The first-order valence-electron chi connectivity index (χ1n) is 6.25. The van der Waals surface area contributed by atoms with Crippen LogP contribution in [0.2, 0.25) is 0 Å². The van der Waals surface area contributed by atoms with E-state index in [2.05, 4.69) is 18.2 Å². The fraction of sp³-hybridized carbons (Fsp3) is 0.385. The van der Waals surface area contributed by atoms with Crippen molar-refractivity contribution in [1.82, 2.24) is 5.32 Å². The van der Waals surface area contributed by atoms with Gasteiger partial charge in [0.25, 0.3) is 10.0 Å². The van der Waals surface area contributed by atoms with Crippen LogP contribution in [-0.2, 0) is 21.4 Å². The SMILES string of the molecule is CC(C)c1ccc(COC(=O)N/C(N)=N/S(C)(=O)=O)cc1. The minimum Gasteiger partial charge on any atom is -0.444 e. The Morgan fingerprint density at radius 1 is 1.33 bits per heavy atom. The Kier molecular flexibility index (Phi) is 5.71. The molecule has 1 aromatic rings. The normalized spacial score (nSPS) is 12.3. The van der Waals surface area contributed by atoms with E-state index in [-0.39, 0.29) is 6.61 Å². The maximum atomic E-state index is 11.4. The van der Waals surface area contributed by atoms with E-state index in [0.717, 1.165) is 11.8 Å². The Hall–Kier alpha value is -2.09. The molecule has 0 radical (unpaired) electrons. The van der Waals surface area contributed by atoms with E-state index in [1.54, 1.807) is 0 Å². The molecule has 0 aromatic heterocycles. The number of carbonyl (C=O) groups excluding carboxylic acids is 1. The van der Waals surface area contributed by atoms with Crippen molar-refractivity contribution in [1.29, 1.82) is 0 Å². The number of benzene rings is 1. The molecule has 0 saturated carbocycles. The number of nitrogens with two attached hydrogens (primary N) is 1. The summed E-state index contributed by atoms with van der Waals surface area (Å²) in [6, 6.07) is 7.63. The van der Waals surface area contributed by atoms with Crippen molar-refractivity contribution >= 4 is 22.1 Å². The highest BCUT2D eigenvalue weighted by molar-refractivity contribution is 7.89. The van der Waals surface area contributed by atoms with Crippen molar-refractivity contribution in [3.8, 4) is 0 Å². The zero-order valence-electron chi connectivity index (χ0n) is 12.2. The van der Waals surface area contributed by atoms with Crippen LogP contribution in [0.3, 0.4) is 0 Å². The Bertz CT molecular complexity index is 621. The minimum atomic E-state index is -3.66. The van der Waals surface area contributed by atoms with Gasteiger partial charge in [0, 0.05) is 0 Å². The lowest BCUT2D eigenvalue weighted by atomic mass is 10.0. The van der Waals surface area contributed by atoms with E-state index in [1.165, 1.54) is 5.56 Å². The minimum absolute atomic E-state index is 0.0519. The molecule has 1 amide bonds. The number of ether oxygens (including phenoxy) is 1. The highest BCUT2D eigenvalue weighted by Crippen LogP contribution is 2.15. The first kappa shape index (κ1) is 17.0. The molecular weight excluding hydrogens is 294 g/mol. The van der Waals surface area contributed by atoms with Crippen LogP contribution in [0, 0.1) is 0 Å². The fourth-order valence-electron chi connectivity index (χ4n) is 1.49. The van der Waals surface area contributed by atoms with Crippen LogP contribution in [0.5, 0.6) is 0 Å². The molecule has 0 fully saturated rings. The molecule has 0 unspecified atom stereocenters. The average Bonchev–Trinajstić information content (AvgIpc) is 2.34. The predicted molar refractivity (Wildman–Crippen MR) is 80.3 cm³/mol. The summed E-state index contributed by atoms with van der Waals surface area (Å²) in [6.07, 6.45) is -0.00351. The number of guanidine groups is 1. The van der Waals surface area contributed by atoms with Gasteiger partial charge in [-0.1, -0.05) is 38.1 Å². The van der Waals surface area contributed by atoms with Gasteiger partial charge >= 0.3 is 6.09 Å². The quantitative estimate of drug-likeness (QED) is 0.643. The smallest absolute Gasteiger partial charge is 0.414 e. The molecule has 0 aliphatic carbocycles. The van der Waals surface area contributed by atoms with E-state index in [0.29, 0.717) is 5.92 Å². The van der Waals surface area contributed by atoms with E-state index in [1.807, 2.05) is 29.6 Å². The predicted octanol–water partition coefficient (Wildman–Crippen LogP) is 1.31. The van der Waals surface area contributed by atoms with Crippen LogP contribution >= 0.6 is 0 Å². The Morgan fingerprint density at radius 2 is 1.90 bits per heavy atom. The van der Waals surface area contributed by atoms with Gasteiger partial charge in [0.2, 0.25) is 5.96 Å². The summed E-state index contributed by atoms with van der Waals surface area (Å²) in [5.74, 6) is -0.104. The second-order valence-corrected chi connectivity index (χ2v) is 6.46. The average molecular weight is 313 g/mol. The number of hydrogen-bond donors (Lipinski definition) is 2. The molecule has 0 aliphatic heterocycles. The van der Waals surface area contributed by atoms with E-state index in [4.69, 9.17) is 10.5 Å². The fourth-order valence-corrected chi connectivity index (χ4v) is 1.89. The molecule has 0 spiro atoms. The summed E-state index contributed by atoms with van der Waals surface area (Å²) in [5.41, 5.74) is 7.24. The largest absolute Gasteiger partial charge is 0.444 e. The topological polar surface area (TPSA) is 111 Å². The number of amides is 1. The molecule has 7 nitrogen and oxygen atoms in total. The number of sulfonamides is 1. The number of alkyl carbamates (subject to hydrolysis) is 1. The van der Waals surface area contributed by atoms with Crippen molar-refractivity contribution in [3.63, 3.8) is 0 Å². The number of nitrogens with one attached hydrogen (secondary N) is 1. The van der Waals surface area contributed by atoms with Gasteiger partial charge in [-0.2, -0.15) is 0 Å². The van der Waals surface area contributed by atoms with Gasteiger partial charge in [-0.05, 0) is 17.0 Å². The van der Waals surface area contributed by atoms with Crippen molar-refractivity contribution < 1.29 is 17.9 Å². The molecule has 0 heterocycles. The molecule has 0 aliphatic rings. The van der Waals surface area contributed by atoms with Gasteiger partial charge in [-0.3, -0.25) is 5.32 Å². The van der Waals surface area contributed by atoms with Crippen LogP contribution in [0.25, 0.3) is 0 Å². The Labute approximate surface area is 124 Å². The maximum Gasteiger partial charge on any atom is 0.414 e. The maximum absolute atomic E-state index is 11.4. The lowest BCUT2D eigenvalue weighted by Crippen LogP contribution is -2.37. The zero-order valence-corrected chi connectivity index (χ0v) is 13.0. The van der Waals surface area contributed by atoms with E-state index < -0.39 is 22.1 Å². The van der Waals surface area contributed by atoms with Gasteiger partial charge in [0.15, 0.2) is 0 Å². The van der Waals surface area contributed by atoms with Crippen LogP contribution in [0.4, 0.5) is 4.79 Å². The van der Waals surface area contributed by atoms with Gasteiger partial charge in [-0.25, -0.2) is 13.2 Å². The summed E-state index contributed by atoms with van der Waals surface area (Å²) in [7, 11) is -3.66. The summed E-state index contributed by atoms with van der Waals surface area (Å²) < 4.78 is 29.7. The van der Waals surface area contributed by atoms with Crippen molar-refractivity contribution in [3.05, 3.63) is 35.4 Å². The highest BCUT2D eigenvalue weighted by atomic mass is 32.2. The summed E-state index contributed by atoms with van der Waals surface area (Å²) in [5, 5.41) is 2.02. The summed E-state index contributed by atoms with van der Waals surface area (Å²) >= 11 is 0. The standard InChI is InChI=1S/C13H19N3O4S/c1-9(2)11-6-4-10(5-7-11)8-20-13(17)15-12(14)16-21(3,18)19/h4-7,9H,8H2,1-3H3,(H3,14,15,16,17). The molecule has 0 saturated heterocycles. The van der Waals surface area contributed by atoms with E-state index in [9.17, 15) is 13.2 Å². The van der Waals surface area contributed by atoms with Gasteiger partial charge < -0.3 is 10.5 Å². The number of nitrogens with zero attached hydrogens (tertiary/aromatic N) is 1. The molecule has 0 bridgehead atoms. The number of rotatable bonds is 4. The number of hydrogen-bond acceptors (Lipinski definition) is 4. The molecule has 8 heteroatoms. The Morgan fingerprint density at radius 3 is 2.38 bits per heavy atom. The van der Waals surface area contributed by atoms with Crippen molar-refractivity contribution in [2.45, 2.75) is 26.4 Å². The zero-order chi connectivity index (χ0) is 16.0. The second-order valence-electron chi connectivity index (χ2n) is 4.81. The molecule has 21 heavy (non-hydrogen) atoms. The van der Waals surface area contributed by atoms with Gasteiger partial charge in [-0.15, -0.1) is 4.40 Å². The van der Waals surface area contributed by atoms with Gasteiger partial charge in [0.05, 0.1) is 6.26 Å². The molecule has 1 rings (SSSR count). The van der Waals surface area contributed by atoms with Crippen molar-refractivity contribution in [2.24, 2.45) is 10.1 Å². The van der Waals surface area contributed by atoms with Crippen molar-refractivity contribution in [2.75, 3.05) is 6.26 Å². The monoisotopic (exact) mass is 313 g/mol. The highest BCUT2D eigenvalue weighted by Gasteiger charge is 2.07. The van der Waals surface area contributed by atoms with Crippen LogP contribution in [0.15, 0.2) is 28.7 Å². The first-order valence-corrected chi connectivity index (χ1v) is 8.10. The Balaban J connectivity index is 2.52. The van der Waals surface area contributed by atoms with Gasteiger partial charge in [0.1, 0.15) is 6.61 Å². The van der Waals surface area contributed by atoms with Crippen LogP contribution < -0.4 is 11.1 Å². The molecule has 0 atom stereocenters. The third-order valence-corrected chi connectivity index (χ3v) is 3.04. The molecular formula is C13H19N3O4S. The third-order valence-electron chi connectivity index (χ3n) is 2.51. The first-order chi connectivity index (χ1) is 9.67. The van der Waals surface area contributed by atoms with Crippen LogP contribution in [-0.4, -0.2) is 26.7 Å². The lowest BCUT2D eigenvalue weighted by molar-refractivity contribution is 0.145. The third kappa shape index (κ3) is 6.75. The summed E-state index contributed by atoms with van der Waals surface area (Å²) in [4.78, 5) is 11.4. The summed E-state index contributed by atoms with van der Waals surface area (Å²) in [6.45, 7) is 4.22. The molecule has 3 N–H and O–H groups in total. The molecule has 116 valence electrons. The van der Waals surface area contributed by atoms with E-state index >= 15 is 0 Å². The van der Waals surface area contributed by atoms with Crippen LogP contribution in [0.1, 0.15) is 30.9 Å². The second kappa shape index (κ2) is 7.07. The number of carbonyl (C=O) groups is 1.